The predicted molar refractivity (Wildman–Crippen MR) is 105 cm³/mol. The van der Waals surface area contributed by atoms with Gasteiger partial charge in [0.25, 0.3) is 5.91 Å². The number of esters is 1. The number of nitrogens with zero attached hydrogens (tertiary/aromatic N) is 1. The number of aryl methyl sites for hydroxylation is 2. The molecular formula is C22H25NO5. The van der Waals surface area contributed by atoms with E-state index in [4.69, 9.17) is 14.2 Å². The van der Waals surface area contributed by atoms with Crippen molar-refractivity contribution in [1.82, 2.24) is 4.90 Å². The summed E-state index contributed by atoms with van der Waals surface area (Å²) in [6.45, 7) is 4.76. The molecule has 0 unspecified atom stereocenters. The van der Waals surface area contributed by atoms with Crippen molar-refractivity contribution >= 4 is 11.9 Å². The van der Waals surface area contributed by atoms with Gasteiger partial charge >= 0.3 is 5.97 Å². The van der Waals surface area contributed by atoms with Gasteiger partial charge in [-0.05, 0) is 43.7 Å². The summed E-state index contributed by atoms with van der Waals surface area (Å²) in [6.07, 6.45) is -0.581. The number of rotatable bonds is 5. The van der Waals surface area contributed by atoms with Gasteiger partial charge < -0.3 is 19.1 Å². The lowest BCUT2D eigenvalue weighted by molar-refractivity contribution is 0.0338. The van der Waals surface area contributed by atoms with Crippen molar-refractivity contribution in [3.8, 4) is 5.75 Å². The fourth-order valence-electron chi connectivity index (χ4n) is 3.38. The zero-order chi connectivity index (χ0) is 20.3. The van der Waals surface area contributed by atoms with E-state index in [2.05, 4.69) is 0 Å². The van der Waals surface area contributed by atoms with E-state index in [0.717, 1.165) is 11.1 Å². The van der Waals surface area contributed by atoms with E-state index in [9.17, 15) is 9.59 Å². The highest BCUT2D eigenvalue weighted by Crippen LogP contribution is 2.24. The summed E-state index contributed by atoms with van der Waals surface area (Å²) in [5.41, 5.74) is 3.10. The van der Waals surface area contributed by atoms with Crippen LogP contribution < -0.4 is 4.74 Å². The summed E-state index contributed by atoms with van der Waals surface area (Å²) in [5.74, 6) is 0.0838. The quantitative estimate of drug-likeness (QED) is 0.743. The Morgan fingerprint density at radius 2 is 1.75 bits per heavy atom. The smallest absolute Gasteiger partial charge is 0.337 e. The molecule has 1 aliphatic rings. The molecule has 1 aliphatic heterocycles. The number of carbonyl (C=O) groups excluding carboxylic acids is 2. The van der Waals surface area contributed by atoms with Crippen LogP contribution in [0, 0.1) is 13.8 Å². The van der Waals surface area contributed by atoms with Crippen molar-refractivity contribution in [2.24, 2.45) is 0 Å². The molecule has 28 heavy (non-hydrogen) atoms. The Balaban J connectivity index is 1.76. The Bertz CT molecular complexity index is 879. The number of ether oxygens (including phenoxy) is 3. The van der Waals surface area contributed by atoms with Gasteiger partial charge in [0.1, 0.15) is 18.0 Å². The first kappa shape index (κ1) is 19.9. The Morgan fingerprint density at radius 3 is 2.46 bits per heavy atom. The van der Waals surface area contributed by atoms with E-state index in [1.807, 2.05) is 32.0 Å². The van der Waals surface area contributed by atoms with E-state index in [-0.39, 0.29) is 18.1 Å². The minimum absolute atomic E-state index is 0.0299. The summed E-state index contributed by atoms with van der Waals surface area (Å²) >= 11 is 0. The number of hydrogen-bond acceptors (Lipinski definition) is 5. The summed E-state index contributed by atoms with van der Waals surface area (Å²) in [7, 11) is 2.95. The van der Waals surface area contributed by atoms with Crippen LogP contribution in [0.2, 0.25) is 0 Å². The highest BCUT2D eigenvalue weighted by Gasteiger charge is 2.37. The van der Waals surface area contributed by atoms with E-state index in [1.54, 1.807) is 36.3 Å². The molecule has 0 saturated carbocycles. The molecule has 6 heteroatoms. The topological polar surface area (TPSA) is 65.1 Å². The molecule has 0 bridgehead atoms. The van der Waals surface area contributed by atoms with Gasteiger partial charge in [0.05, 0.1) is 25.8 Å². The lowest BCUT2D eigenvalue weighted by Crippen LogP contribution is -2.32. The standard InChI is InChI=1S/C22H25NO5/c1-14-8-9-15(2)18(10-14)21(24)23-12-19(26-3)20(13-23)28-17-7-5-6-16(11-17)22(25)27-4/h5-11,19-20H,12-13H2,1-4H3/t19-,20-/m1/s1. The number of amides is 1. The molecule has 1 saturated heterocycles. The maximum absolute atomic E-state index is 13.0. The van der Waals surface area contributed by atoms with Crippen molar-refractivity contribution < 1.29 is 23.8 Å². The van der Waals surface area contributed by atoms with Gasteiger partial charge in [0.2, 0.25) is 0 Å². The minimum Gasteiger partial charge on any atom is -0.486 e. The molecule has 0 radical (unpaired) electrons. The van der Waals surface area contributed by atoms with Crippen LogP contribution in [-0.4, -0.2) is 56.3 Å². The number of benzene rings is 2. The Morgan fingerprint density at radius 1 is 1.00 bits per heavy atom. The van der Waals surface area contributed by atoms with E-state index >= 15 is 0 Å². The summed E-state index contributed by atoms with van der Waals surface area (Å²) in [5, 5.41) is 0. The number of methoxy groups -OCH3 is 2. The van der Waals surface area contributed by atoms with E-state index < -0.39 is 5.97 Å². The SMILES string of the molecule is COC(=O)c1cccc(O[C@@H]2CN(C(=O)c3cc(C)ccc3C)C[C@H]2OC)c1. The first-order valence-corrected chi connectivity index (χ1v) is 9.17. The molecular weight excluding hydrogens is 358 g/mol. The normalized spacial score (nSPS) is 18.8. The largest absolute Gasteiger partial charge is 0.486 e. The molecule has 0 spiro atoms. The molecule has 1 fully saturated rings. The van der Waals surface area contributed by atoms with Crippen LogP contribution in [0.4, 0.5) is 0 Å². The minimum atomic E-state index is -0.424. The van der Waals surface area contributed by atoms with Gasteiger partial charge in [-0.15, -0.1) is 0 Å². The third kappa shape index (κ3) is 4.17. The molecule has 2 aromatic carbocycles. The van der Waals surface area contributed by atoms with Crippen LogP contribution in [-0.2, 0) is 9.47 Å². The molecule has 148 valence electrons. The maximum atomic E-state index is 13.0. The molecule has 1 heterocycles. The van der Waals surface area contributed by atoms with Crippen molar-refractivity contribution in [3.63, 3.8) is 0 Å². The van der Waals surface area contributed by atoms with Crippen molar-refractivity contribution in [1.29, 1.82) is 0 Å². The molecule has 3 rings (SSSR count). The Kier molecular flexibility index (Phi) is 5.99. The first-order chi connectivity index (χ1) is 13.4. The highest BCUT2D eigenvalue weighted by atomic mass is 16.5. The maximum Gasteiger partial charge on any atom is 0.337 e. The molecule has 0 aliphatic carbocycles. The zero-order valence-electron chi connectivity index (χ0n) is 16.6. The summed E-state index contributed by atoms with van der Waals surface area (Å²) in [6, 6.07) is 12.7. The van der Waals surface area contributed by atoms with Gasteiger partial charge in [-0.1, -0.05) is 23.8 Å². The highest BCUT2D eigenvalue weighted by molar-refractivity contribution is 5.96. The third-order valence-corrected chi connectivity index (χ3v) is 4.97. The Labute approximate surface area is 165 Å². The van der Waals surface area contributed by atoms with Crippen LogP contribution in [0.25, 0.3) is 0 Å². The van der Waals surface area contributed by atoms with Crippen LogP contribution in [0.1, 0.15) is 31.8 Å². The summed E-state index contributed by atoms with van der Waals surface area (Å²) < 4.78 is 16.4. The lowest BCUT2D eigenvalue weighted by Gasteiger charge is -2.19. The predicted octanol–water partition coefficient (Wildman–Crippen LogP) is 3.01. The lowest BCUT2D eigenvalue weighted by atomic mass is 10.0. The molecule has 1 amide bonds. The van der Waals surface area contributed by atoms with Crippen LogP contribution >= 0.6 is 0 Å². The monoisotopic (exact) mass is 383 g/mol. The summed E-state index contributed by atoms with van der Waals surface area (Å²) in [4.78, 5) is 26.5. The molecule has 2 aromatic rings. The van der Waals surface area contributed by atoms with Crippen molar-refractivity contribution in [3.05, 3.63) is 64.7 Å². The third-order valence-electron chi connectivity index (χ3n) is 4.97. The average Bonchev–Trinajstić information content (AvgIpc) is 3.11. The van der Waals surface area contributed by atoms with Gasteiger partial charge in [0, 0.05) is 12.7 Å². The zero-order valence-corrected chi connectivity index (χ0v) is 16.6. The van der Waals surface area contributed by atoms with E-state index in [0.29, 0.717) is 30.0 Å². The fourth-order valence-corrected chi connectivity index (χ4v) is 3.38. The first-order valence-electron chi connectivity index (χ1n) is 9.17. The molecule has 0 aromatic heterocycles. The molecule has 0 N–H and O–H groups in total. The number of hydrogen-bond donors (Lipinski definition) is 0. The van der Waals surface area contributed by atoms with Gasteiger partial charge in [-0.2, -0.15) is 0 Å². The number of likely N-dealkylation sites (tertiary alicyclic amines) is 1. The van der Waals surface area contributed by atoms with Crippen LogP contribution in [0.15, 0.2) is 42.5 Å². The Hall–Kier alpha value is -2.86. The van der Waals surface area contributed by atoms with Gasteiger partial charge in [0.15, 0.2) is 0 Å². The number of carbonyl (C=O) groups is 2. The second-order valence-corrected chi connectivity index (χ2v) is 6.98. The van der Waals surface area contributed by atoms with Crippen molar-refractivity contribution in [2.45, 2.75) is 26.1 Å². The second kappa shape index (κ2) is 8.44. The van der Waals surface area contributed by atoms with Crippen LogP contribution in [0.3, 0.4) is 0 Å². The van der Waals surface area contributed by atoms with Crippen molar-refractivity contribution in [2.75, 3.05) is 27.3 Å². The molecule has 2 atom stereocenters. The average molecular weight is 383 g/mol. The second-order valence-electron chi connectivity index (χ2n) is 6.98. The van der Waals surface area contributed by atoms with Gasteiger partial charge in [-0.25, -0.2) is 4.79 Å². The fraction of sp³-hybridized carbons (Fsp3) is 0.364. The molecule has 6 nitrogen and oxygen atoms in total. The van der Waals surface area contributed by atoms with E-state index in [1.165, 1.54) is 7.11 Å². The van der Waals surface area contributed by atoms with Gasteiger partial charge in [-0.3, -0.25) is 4.79 Å². The van der Waals surface area contributed by atoms with Crippen LogP contribution in [0.5, 0.6) is 5.75 Å².